The topological polar surface area (TPSA) is 105 Å². The number of hydrogen-bond acceptors (Lipinski definition) is 5. The Morgan fingerprint density at radius 2 is 0.982 bits per heavy atom. The van der Waals surface area contributed by atoms with Crippen LogP contribution >= 0.6 is 7.82 Å². The van der Waals surface area contributed by atoms with Crippen molar-refractivity contribution >= 4 is 13.7 Å². The summed E-state index contributed by atoms with van der Waals surface area (Å²) in [5, 5.41) is 13.7. The zero-order chi connectivity index (χ0) is 40.7. The van der Waals surface area contributed by atoms with Gasteiger partial charge < -0.3 is 19.8 Å². The summed E-state index contributed by atoms with van der Waals surface area (Å²) in [7, 11) is 1.57. The summed E-state index contributed by atoms with van der Waals surface area (Å²) >= 11 is 0. The van der Waals surface area contributed by atoms with Crippen LogP contribution in [0, 0.1) is 0 Å². The van der Waals surface area contributed by atoms with Crippen LogP contribution in [0.2, 0.25) is 0 Å². The lowest BCUT2D eigenvalue weighted by Crippen LogP contribution is -2.45. The van der Waals surface area contributed by atoms with E-state index in [-0.39, 0.29) is 19.1 Å². The maximum absolute atomic E-state index is 12.8. The summed E-state index contributed by atoms with van der Waals surface area (Å²) in [6.07, 6.45) is 45.8. The normalized spacial score (nSPS) is 14.5. The van der Waals surface area contributed by atoms with Gasteiger partial charge in [0.2, 0.25) is 5.91 Å². The number of phosphoric acid groups is 1. The van der Waals surface area contributed by atoms with Crippen molar-refractivity contribution in [3.05, 3.63) is 24.3 Å². The number of rotatable bonds is 42. The Bertz CT molecular complexity index is 953. The molecule has 55 heavy (non-hydrogen) atoms. The van der Waals surface area contributed by atoms with E-state index < -0.39 is 20.0 Å². The van der Waals surface area contributed by atoms with Gasteiger partial charge >= 0.3 is 7.82 Å². The van der Waals surface area contributed by atoms with Crippen molar-refractivity contribution in [3.8, 4) is 0 Å². The summed E-state index contributed by atoms with van der Waals surface area (Å²) in [5.41, 5.74) is 0. The van der Waals surface area contributed by atoms with Crippen molar-refractivity contribution in [2.75, 3.05) is 40.9 Å². The minimum absolute atomic E-state index is 0.0622. The second-order valence-corrected chi connectivity index (χ2v) is 18.6. The molecule has 0 rings (SSSR count). The first-order chi connectivity index (χ1) is 26.5. The monoisotopic (exact) mass is 800 g/mol. The van der Waals surface area contributed by atoms with E-state index in [0.717, 1.165) is 44.9 Å². The summed E-state index contributed by atoms with van der Waals surface area (Å²) in [5.74, 6) is -0.181. The van der Waals surface area contributed by atoms with Crippen molar-refractivity contribution < 1.29 is 32.9 Å². The Morgan fingerprint density at radius 3 is 1.42 bits per heavy atom. The molecular formula is C46H92N2O6P+. The molecule has 9 heteroatoms. The quantitative estimate of drug-likeness (QED) is 0.0246. The van der Waals surface area contributed by atoms with E-state index >= 15 is 0 Å². The number of carbonyl (C=O) groups is 1. The third-order valence-corrected chi connectivity index (χ3v) is 11.4. The number of quaternary nitrogens is 1. The fourth-order valence-electron chi connectivity index (χ4n) is 6.68. The Kier molecular flexibility index (Phi) is 37.8. The molecule has 0 aromatic heterocycles. The lowest BCUT2D eigenvalue weighted by atomic mass is 10.0. The highest BCUT2D eigenvalue weighted by Crippen LogP contribution is 2.43. The van der Waals surface area contributed by atoms with E-state index in [9.17, 15) is 19.4 Å². The average Bonchev–Trinajstić information content (AvgIpc) is 3.13. The van der Waals surface area contributed by atoms with Gasteiger partial charge in [0.25, 0.3) is 0 Å². The number of allylic oxidation sites excluding steroid dienone is 3. The standard InChI is InChI=1S/C46H91N2O6P/c1-6-8-10-12-14-15-16-17-18-19-20-21-22-23-24-25-26-27-28-29-30-31-32-33-34-36-38-40-46(50)47-44(45(49)39-37-35-13-11-9-7-2)43-54-55(51,52)53-42-41-48(3,4)5/h19-20,37,39,44-45,49H,6-18,21-36,38,40-43H2,1-5H3,(H-,47,50,51,52)/p+1/b20-19-,39-37+. The van der Waals surface area contributed by atoms with Crippen LogP contribution in [0.1, 0.15) is 213 Å². The lowest BCUT2D eigenvalue weighted by Gasteiger charge is -2.25. The molecule has 0 aromatic carbocycles. The van der Waals surface area contributed by atoms with Crippen LogP contribution in [0.5, 0.6) is 0 Å². The Morgan fingerprint density at radius 1 is 0.600 bits per heavy atom. The third-order valence-electron chi connectivity index (χ3n) is 10.4. The average molecular weight is 800 g/mol. The SMILES string of the molecule is CCCCCC/C=C/C(O)C(COP(=O)(O)OCC[N+](C)(C)C)NC(=O)CCCCCCCCCCCCCCCCC/C=C\CCCCCCCCCC. The first-order valence-electron chi connectivity index (χ1n) is 23.2. The molecule has 0 saturated heterocycles. The molecule has 8 nitrogen and oxygen atoms in total. The number of nitrogens with one attached hydrogen (secondary N) is 1. The summed E-state index contributed by atoms with van der Waals surface area (Å²) in [6.45, 7) is 4.74. The number of aliphatic hydroxyl groups is 1. The van der Waals surface area contributed by atoms with Gasteiger partial charge in [0.15, 0.2) is 0 Å². The zero-order valence-electron chi connectivity index (χ0n) is 36.9. The molecule has 3 N–H and O–H groups in total. The van der Waals surface area contributed by atoms with E-state index in [1.54, 1.807) is 6.08 Å². The van der Waals surface area contributed by atoms with Gasteiger partial charge in [0.1, 0.15) is 13.2 Å². The maximum atomic E-state index is 12.8. The lowest BCUT2D eigenvalue weighted by molar-refractivity contribution is -0.870. The fraction of sp³-hybridized carbons (Fsp3) is 0.891. The molecule has 0 bridgehead atoms. The molecule has 0 saturated carbocycles. The smallest absolute Gasteiger partial charge is 0.387 e. The molecule has 0 heterocycles. The highest BCUT2D eigenvalue weighted by Gasteiger charge is 2.27. The van der Waals surface area contributed by atoms with Gasteiger partial charge in [-0.25, -0.2) is 4.57 Å². The van der Waals surface area contributed by atoms with E-state index in [1.807, 2.05) is 27.2 Å². The number of amides is 1. The molecule has 0 radical (unpaired) electrons. The van der Waals surface area contributed by atoms with E-state index in [1.165, 1.54) is 148 Å². The highest BCUT2D eigenvalue weighted by atomic mass is 31.2. The van der Waals surface area contributed by atoms with E-state index in [0.29, 0.717) is 17.4 Å². The number of likely N-dealkylation sites (N-methyl/N-ethyl adjacent to an activating group) is 1. The van der Waals surface area contributed by atoms with Gasteiger partial charge in [-0.05, 0) is 44.9 Å². The molecule has 3 atom stereocenters. The fourth-order valence-corrected chi connectivity index (χ4v) is 7.42. The molecule has 0 aliphatic carbocycles. The molecule has 0 aliphatic heterocycles. The number of nitrogens with zero attached hydrogens (tertiary/aromatic N) is 1. The van der Waals surface area contributed by atoms with E-state index in [4.69, 9.17) is 9.05 Å². The minimum atomic E-state index is -4.32. The van der Waals surface area contributed by atoms with Crippen molar-refractivity contribution in [1.29, 1.82) is 0 Å². The van der Waals surface area contributed by atoms with Crippen LogP contribution in [-0.2, 0) is 18.4 Å². The van der Waals surface area contributed by atoms with Crippen molar-refractivity contribution in [3.63, 3.8) is 0 Å². The number of unbranched alkanes of at least 4 members (excludes halogenated alkanes) is 27. The first-order valence-corrected chi connectivity index (χ1v) is 24.7. The number of hydrogen-bond donors (Lipinski definition) is 3. The largest absolute Gasteiger partial charge is 0.472 e. The molecule has 3 unspecified atom stereocenters. The first kappa shape index (κ1) is 54.0. The maximum Gasteiger partial charge on any atom is 0.472 e. The number of phosphoric ester groups is 1. The predicted octanol–water partition coefficient (Wildman–Crippen LogP) is 12.9. The predicted molar refractivity (Wildman–Crippen MR) is 235 cm³/mol. The molecule has 0 spiro atoms. The van der Waals surface area contributed by atoms with Gasteiger partial charge in [0.05, 0.1) is 39.9 Å². The van der Waals surface area contributed by atoms with Crippen molar-refractivity contribution in [2.45, 2.75) is 225 Å². The van der Waals surface area contributed by atoms with Crippen molar-refractivity contribution in [1.82, 2.24) is 5.32 Å². The second kappa shape index (κ2) is 38.5. The van der Waals surface area contributed by atoms with Crippen LogP contribution in [0.4, 0.5) is 0 Å². The van der Waals surface area contributed by atoms with Crippen LogP contribution in [0.15, 0.2) is 24.3 Å². The molecular weight excluding hydrogens is 707 g/mol. The highest BCUT2D eigenvalue weighted by molar-refractivity contribution is 7.47. The Hall–Kier alpha value is -1.02. The number of carbonyl (C=O) groups excluding carboxylic acids is 1. The van der Waals surface area contributed by atoms with Crippen molar-refractivity contribution in [2.24, 2.45) is 0 Å². The summed E-state index contributed by atoms with van der Waals surface area (Å²) < 4.78 is 23.4. The van der Waals surface area contributed by atoms with E-state index in [2.05, 4.69) is 31.3 Å². The van der Waals surface area contributed by atoms with Crippen LogP contribution in [-0.4, -0.2) is 73.4 Å². The third kappa shape index (κ3) is 41.0. The van der Waals surface area contributed by atoms with Gasteiger partial charge in [0, 0.05) is 6.42 Å². The molecule has 0 fully saturated rings. The zero-order valence-corrected chi connectivity index (χ0v) is 37.8. The Balaban J connectivity index is 3.96. The van der Waals surface area contributed by atoms with Crippen LogP contribution in [0.25, 0.3) is 0 Å². The van der Waals surface area contributed by atoms with Gasteiger partial charge in [-0.3, -0.25) is 13.8 Å². The summed E-state index contributed by atoms with van der Waals surface area (Å²) in [4.78, 5) is 23.0. The van der Waals surface area contributed by atoms with Gasteiger partial charge in [-0.1, -0.05) is 186 Å². The minimum Gasteiger partial charge on any atom is -0.387 e. The van der Waals surface area contributed by atoms with Gasteiger partial charge in [-0.15, -0.1) is 0 Å². The second-order valence-electron chi connectivity index (χ2n) is 17.1. The molecule has 326 valence electrons. The summed E-state index contributed by atoms with van der Waals surface area (Å²) in [6, 6.07) is -0.839. The Labute approximate surface area is 341 Å². The van der Waals surface area contributed by atoms with Crippen LogP contribution in [0.3, 0.4) is 0 Å². The molecule has 0 aromatic rings. The molecule has 0 aliphatic rings. The van der Waals surface area contributed by atoms with Gasteiger partial charge in [-0.2, -0.15) is 0 Å². The molecule has 1 amide bonds. The van der Waals surface area contributed by atoms with Crippen LogP contribution < -0.4 is 5.32 Å². The number of aliphatic hydroxyl groups excluding tert-OH is 1.